The normalized spacial score (nSPS) is 15.0. The molecule has 0 saturated heterocycles. The Hall–Kier alpha value is -2.49. The van der Waals surface area contributed by atoms with E-state index in [1.807, 2.05) is 6.92 Å². The molecule has 150 valence electrons. The second-order valence-corrected chi connectivity index (χ2v) is 7.46. The van der Waals surface area contributed by atoms with E-state index in [1.165, 1.54) is 29.5 Å². The van der Waals surface area contributed by atoms with Gasteiger partial charge in [-0.1, -0.05) is 42.5 Å². The highest BCUT2D eigenvalue weighted by molar-refractivity contribution is 5.73. The molecule has 1 aliphatic heterocycles. The number of amides is 2. The van der Waals surface area contributed by atoms with Crippen molar-refractivity contribution in [3.05, 3.63) is 65.2 Å². The van der Waals surface area contributed by atoms with Gasteiger partial charge in [0.05, 0.1) is 0 Å². The fourth-order valence-corrected chi connectivity index (χ4v) is 3.85. The van der Waals surface area contributed by atoms with Crippen molar-refractivity contribution in [3.8, 4) is 5.75 Å². The third kappa shape index (κ3) is 6.01. The van der Waals surface area contributed by atoms with Crippen LogP contribution in [0.3, 0.4) is 0 Å². The molecule has 3 rings (SSSR count). The first-order valence-electron chi connectivity index (χ1n) is 10.6. The molecule has 0 radical (unpaired) electrons. The number of nitrogens with one attached hydrogen (secondary N) is 2. The maximum atomic E-state index is 11.5. The summed E-state index contributed by atoms with van der Waals surface area (Å²) in [6.07, 6.45) is 7.89. The van der Waals surface area contributed by atoms with E-state index >= 15 is 0 Å². The number of hydrogen-bond donors (Lipinski definition) is 2. The summed E-state index contributed by atoms with van der Waals surface area (Å²) in [6, 6.07) is 17.0. The summed E-state index contributed by atoms with van der Waals surface area (Å²) >= 11 is 0. The minimum absolute atomic E-state index is 0.0836. The fourth-order valence-electron chi connectivity index (χ4n) is 3.85. The summed E-state index contributed by atoms with van der Waals surface area (Å²) in [7, 11) is 0. The molecule has 28 heavy (non-hydrogen) atoms. The lowest BCUT2D eigenvalue weighted by molar-refractivity contribution is 0.217. The quantitative estimate of drug-likeness (QED) is 0.589. The SMILES string of the molecule is CCNC(=O)NCCCc1cccc2c1C[C@@H](CCCCc1ccccc1)O2. The summed E-state index contributed by atoms with van der Waals surface area (Å²) in [5.74, 6) is 1.06. The average molecular weight is 381 g/mol. The maximum absolute atomic E-state index is 11.5. The summed E-state index contributed by atoms with van der Waals surface area (Å²) in [5, 5.41) is 5.65. The molecule has 4 nitrogen and oxygen atoms in total. The molecule has 2 N–H and O–H groups in total. The van der Waals surface area contributed by atoms with E-state index in [-0.39, 0.29) is 6.03 Å². The smallest absolute Gasteiger partial charge is 0.314 e. The topological polar surface area (TPSA) is 50.4 Å². The molecule has 1 heterocycles. The van der Waals surface area contributed by atoms with Crippen molar-refractivity contribution in [1.82, 2.24) is 10.6 Å². The van der Waals surface area contributed by atoms with Crippen molar-refractivity contribution in [1.29, 1.82) is 0 Å². The van der Waals surface area contributed by atoms with E-state index in [9.17, 15) is 4.79 Å². The Morgan fingerprint density at radius 3 is 2.68 bits per heavy atom. The zero-order chi connectivity index (χ0) is 19.6. The van der Waals surface area contributed by atoms with Crippen LogP contribution < -0.4 is 15.4 Å². The van der Waals surface area contributed by atoms with Crippen molar-refractivity contribution < 1.29 is 9.53 Å². The molecule has 1 atom stereocenters. The van der Waals surface area contributed by atoms with Gasteiger partial charge in [0.25, 0.3) is 0 Å². The van der Waals surface area contributed by atoms with Crippen molar-refractivity contribution in [2.75, 3.05) is 13.1 Å². The molecule has 0 aliphatic carbocycles. The van der Waals surface area contributed by atoms with E-state index in [1.54, 1.807) is 0 Å². The average Bonchev–Trinajstić information content (AvgIpc) is 3.13. The molecule has 4 heteroatoms. The number of benzene rings is 2. The Bertz CT molecular complexity index is 746. The molecular formula is C24H32N2O2. The Morgan fingerprint density at radius 2 is 1.86 bits per heavy atom. The minimum Gasteiger partial charge on any atom is -0.490 e. The zero-order valence-electron chi connectivity index (χ0n) is 16.9. The second-order valence-electron chi connectivity index (χ2n) is 7.46. The molecule has 2 aromatic carbocycles. The summed E-state index contributed by atoms with van der Waals surface area (Å²) < 4.78 is 6.20. The van der Waals surface area contributed by atoms with E-state index in [0.717, 1.165) is 37.9 Å². The number of fused-ring (bicyclic) bond motifs is 1. The van der Waals surface area contributed by atoms with E-state index < -0.39 is 0 Å². The molecule has 0 saturated carbocycles. The molecule has 1 aliphatic rings. The van der Waals surface area contributed by atoms with E-state index in [2.05, 4.69) is 59.2 Å². The van der Waals surface area contributed by atoms with E-state index in [4.69, 9.17) is 4.74 Å². The number of hydrogen-bond acceptors (Lipinski definition) is 2. The standard InChI is InChI=1S/C24H32N2O2/c1-2-25-24(27)26-17-9-14-20-13-8-16-23-22(20)18-21(28-23)15-7-6-12-19-10-4-3-5-11-19/h3-5,8,10-11,13,16,21H,2,6-7,9,12,14-15,17-18H2,1H3,(H2,25,26,27)/t21-/m1/s1. The number of rotatable bonds is 10. The first-order chi connectivity index (χ1) is 13.8. The van der Waals surface area contributed by atoms with Crippen LogP contribution in [0.4, 0.5) is 4.79 Å². The van der Waals surface area contributed by atoms with Gasteiger partial charge in [-0.25, -0.2) is 4.79 Å². The van der Waals surface area contributed by atoms with Crippen molar-refractivity contribution in [2.24, 2.45) is 0 Å². The van der Waals surface area contributed by atoms with Crippen molar-refractivity contribution in [3.63, 3.8) is 0 Å². The van der Waals surface area contributed by atoms with Crippen LogP contribution in [0.15, 0.2) is 48.5 Å². The largest absolute Gasteiger partial charge is 0.490 e. The molecule has 0 unspecified atom stereocenters. The highest BCUT2D eigenvalue weighted by Gasteiger charge is 2.24. The lowest BCUT2D eigenvalue weighted by Crippen LogP contribution is -2.35. The van der Waals surface area contributed by atoms with Crippen LogP contribution in [0.25, 0.3) is 0 Å². The van der Waals surface area contributed by atoms with Crippen LogP contribution in [0.1, 0.15) is 49.3 Å². The van der Waals surface area contributed by atoms with Crippen LogP contribution in [0.5, 0.6) is 5.75 Å². The van der Waals surface area contributed by atoms with Crippen LogP contribution in [-0.2, 0) is 19.3 Å². The molecule has 2 amide bonds. The van der Waals surface area contributed by atoms with Gasteiger partial charge in [-0.05, 0) is 62.6 Å². The molecule has 0 bridgehead atoms. The van der Waals surface area contributed by atoms with Crippen LogP contribution in [0, 0.1) is 0 Å². The number of urea groups is 1. The predicted octanol–water partition coefficient (Wildman–Crippen LogP) is 4.65. The van der Waals surface area contributed by atoms with Gasteiger partial charge in [-0.3, -0.25) is 0 Å². The van der Waals surface area contributed by atoms with Crippen LogP contribution in [-0.4, -0.2) is 25.2 Å². The monoisotopic (exact) mass is 380 g/mol. The van der Waals surface area contributed by atoms with E-state index in [0.29, 0.717) is 19.2 Å². The number of unbranched alkanes of at least 4 members (excludes halogenated alkanes) is 1. The first-order valence-corrected chi connectivity index (χ1v) is 10.6. The molecule has 2 aromatic rings. The second kappa shape index (κ2) is 10.7. The maximum Gasteiger partial charge on any atom is 0.314 e. The van der Waals surface area contributed by atoms with Gasteiger partial charge in [0, 0.05) is 25.1 Å². The third-order valence-corrected chi connectivity index (χ3v) is 5.29. The molecular weight excluding hydrogens is 348 g/mol. The first kappa shape index (κ1) is 20.2. The Labute approximate surface area is 168 Å². The third-order valence-electron chi connectivity index (χ3n) is 5.29. The highest BCUT2D eigenvalue weighted by atomic mass is 16.5. The molecule has 0 fully saturated rings. The lowest BCUT2D eigenvalue weighted by atomic mass is 9.97. The van der Waals surface area contributed by atoms with Gasteiger partial charge < -0.3 is 15.4 Å². The van der Waals surface area contributed by atoms with Crippen LogP contribution >= 0.6 is 0 Å². The lowest BCUT2D eigenvalue weighted by Gasteiger charge is -2.10. The zero-order valence-corrected chi connectivity index (χ0v) is 16.9. The highest BCUT2D eigenvalue weighted by Crippen LogP contribution is 2.33. The Kier molecular flexibility index (Phi) is 7.77. The van der Waals surface area contributed by atoms with Gasteiger partial charge in [-0.15, -0.1) is 0 Å². The van der Waals surface area contributed by atoms with Crippen molar-refractivity contribution >= 4 is 6.03 Å². The van der Waals surface area contributed by atoms with Gasteiger partial charge in [0.15, 0.2) is 0 Å². The Balaban J connectivity index is 1.40. The summed E-state index contributed by atoms with van der Waals surface area (Å²) in [4.78, 5) is 11.5. The molecule has 0 spiro atoms. The van der Waals surface area contributed by atoms with Crippen LogP contribution in [0.2, 0.25) is 0 Å². The number of ether oxygens (including phenoxy) is 1. The number of carbonyl (C=O) groups excluding carboxylic acids is 1. The molecule has 0 aromatic heterocycles. The number of carbonyl (C=O) groups is 1. The van der Waals surface area contributed by atoms with Gasteiger partial charge >= 0.3 is 6.03 Å². The van der Waals surface area contributed by atoms with Gasteiger partial charge in [0.2, 0.25) is 0 Å². The van der Waals surface area contributed by atoms with Crippen molar-refractivity contribution in [2.45, 2.75) is 58.0 Å². The minimum atomic E-state index is -0.0836. The predicted molar refractivity (Wildman–Crippen MR) is 114 cm³/mol. The fraction of sp³-hybridized carbons (Fsp3) is 0.458. The number of aryl methyl sites for hydroxylation is 2. The summed E-state index contributed by atoms with van der Waals surface area (Å²) in [5.41, 5.74) is 4.15. The summed E-state index contributed by atoms with van der Waals surface area (Å²) in [6.45, 7) is 3.27. The Morgan fingerprint density at radius 1 is 1.00 bits per heavy atom. The van der Waals surface area contributed by atoms with Gasteiger partial charge in [0.1, 0.15) is 11.9 Å². The van der Waals surface area contributed by atoms with Gasteiger partial charge in [-0.2, -0.15) is 0 Å².